The van der Waals surface area contributed by atoms with Gasteiger partial charge in [0.25, 0.3) is 5.91 Å². The first-order valence-corrected chi connectivity index (χ1v) is 8.02. The second-order valence-electron chi connectivity index (χ2n) is 4.68. The average molecular weight is 334 g/mol. The number of nitrogens with one attached hydrogen (secondary N) is 1. The molecule has 1 heterocycles. The van der Waals surface area contributed by atoms with Crippen LogP contribution in [0.1, 0.15) is 11.9 Å². The summed E-state index contributed by atoms with van der Waals surface area (Å²) >= 11 is 1.57. The first kappa shape index (κ1) is 17.1. The van der Waals surface area contributed by atoms with E-state index in [1.807, 2.05) is 30.5 Å². The van der Waals surface area contributed by atoms with Crippen molar-refractivity contribution in [3.05, 3.63) is 34.7 Å². The minimum Gasteiger partial charge on any atom is -0.454 e. The summed E-state index contributed by atoms with van der Waals surface area (Å²) in [6.07, 6.45) is 0. The standard InChI is InChI=1S/C16H18N2O4S/c1-3-21-9-16(20)22-8-15(19)18-13-6-4-5-12(7-13)14-10-23-11(2)17-14/h4-7,10H,3,8-9H2,1-2H3,(H,18,19). The van der Waals surface area contributed by atoms with E-state index in [0.717, 1.165) is 16.3 Å². The van der Waals surface area contributed by atoms with Crippen molar-refractivity contribution in [2.75, 3.05) is 25.1 Å². The predicted molar refractivity (Wildman–Crippen MR) is 88.4 cm³/mol. The molecule has 1 amide bonds. The molecule has 1 N–H and O–H groups in total. The number of esters is 1. The van der Waals surface area contributed by atoms with E-state index in [2.05, 4.69) is 10.3 Å². The molecule has 0 saturated carbocycles. The van der Waals surface area contributed by atoms with E-state index in [1.54, 1.807) is 24.3 Å². The zero-order valence-electron chi connectivity index (χ0n) is 13.0. The highest BCUT2D eigenvalue weighted by Gasteiger charge is 2.09. The predicted octanol–water partition coefficient (Wildman–Crippen LogP) is 2.64. The van der Waals surface area contributed by atoms with Crippen LogP contribution in [0.4, 0.5) is 5.69 Å². The van der Waals surface area contributed by atoms with Crippen LogP contribution < -0.4 is 5.32 Å². The summed E-state index contributed by atoms with van der Waals surface area (Å²) in [5, 5.41) is 5.64. The molecular weight excluding hydrogens is 316 g/mol. The number of thiazole rings is 1. The van der Waals surface area contributed by atoms with Gasteiger partial charge < -0.3 is 14.8 Å². The molecule has 0 bridgehead atoms. The van der Waals surface area contributed by atoms with Crippen molar-refractivity contribution in [1.82, 2.24) is 4.98 Å². The van der Waals surface area contributed by atoms with Crippen LogP contribution in [0.15, 0.2) is 29.6 Å². The van der Waals surface area contributed by atoms with Gasteiger partial charge in [-0.05, 0) is 26.0 Å². The fraction of sp³-hybridized carbons (Fsp3) is 0.312. The Kier molecular flexibility index (Phi) is 6.25. The van der Waals surface area contributed by atoms with E-state index >= 15 is 0 Å². The third-order valence-electron chi connectivity index (χ3n) is 2.85. The van der Waals surface area contributed by atoms with Crippen LogP contribution in [0, 0.1) is 6.92 Å². The fourth-order valence-corrected chi connectivity index (χ4v) is 2.44. The van der Waals surface area contributed by atoms with E-state index < -0.39 is 11.9 Å². The van der Waals surface area contributed by atoms with Crippen molar-refractivity contribution in [2.45, 2.75) is 13.8 Å². The molecule has 0 aliphatic heterocycles. The minimum atomic E-state index is -0.561. The summed E-state index contributed by atoms with van der Waals surface area (Å²) in [4.78, 5) is 27.5. The Morgan fingerprint density at radius 3 is 2.83 bits per heavy atom. The molecule has 0 fully saturated rings. The molecule has 0 atom stereocenters. The first-order chi connectivity index (χ1) is 11.1. The highest BCUT2D eigenvalue weighted by Crippen LogP contribution is 2.24. The molecule has 1 aromatic carbocycles. The Hall–Kier alpha value is -2.25. The number of anilines is 1. The molecule has 1 aromatic heterocycles. The van der Waals surface area contributed by atoms with E-state index in [-0.39, 0.29) is 13.2 Å². The third kappa shape index (κ3) is 5.46. The number of nitrogens with zero attached hydrogens (tertiary/aromatic N) is 1. The summed E-state index contributed by atoms with van der Waals surface area (Å²) in [6.45, 7) is 3.64. The number of amides is 1. The molecule has 2 aromatic rings. The SMILES string of the molecule is CCOCC(=O)OCC(=O)Nc1cccc(-c2csc(C)n2)c1. The molecule has 23 heavy (non-hydrogen) atoms. The van der Waals surface area contributed by atoms with Crippen molar-refractivity contribution in [3.8, 4) is 11.3 Å². The van der Waals surface area contributed by atoms with Crippen LogP contribution in [-0.4, -0.2) is 36.7 Å². The number of hydrogen-bond acceptors (Lipinski definition) is 6. The molecule has 0 aliphatic rings. The van der Waals surface area contributed by atoms with Crippen molar-refractivity contribution in [2.24, 2.45) is 0 Å². The molecule has 6 nitrogen and oxygen atoms in total. The van der Waals surface area contributed by atoms with Crippen LogP contribution >= 0.6 is 11.3 Å². The second kappa shape index (κ2) is 8.40. The van der Waals surface area contributed by atoms with E-state index in [4.69, 9.17) is 9.47 Å². The number of benzene rings is 1. The van der Waals surface area contributed by atoms with Gasteiger partial charge in [-0.3, -0.25) is 4.79 Å². The highest BCUT2D eigenvalue weighted by molar-refractivity contribution is 7.09. The van der Waals surface area contributed by atoms with Crippen molar-refractivity contribution in [3.63, 3.8) is 0 Å². The summed E-state index contributed by atoms with van der Waals surface area (Å²) in [6, 6.07) is 7.35. The lowest BCUT2D eigenvalue weighted by atomic mass is 10.1. The van der Waals surface area contributed by atoms with Gasteiger partial charge in [0, 0.05) is 23.2 Å². The summed E-state index contributed by atoms with van der Waals surface area (Å²) in [5.74, 6) is -0.963. The molecule has 0 saturated heterocycles. The van der Waals surface area contributed by atoms with Gasteiger partial charge in [0.1, 0.15) is 6.61 Å². The molecule has 0 aliphatic carbocycles. The second-order valence-corrected chi connectivity index (χ2v) is 5.74. The van der Waals surface area contributed by atoms with Gasteiger partial charge in [0.15, 0.2) is 6.61 Å². The van der Waals surface area contributed by atoms with Crippen LogP contribution in [0.2, 0.25) is 0 Å². The Morgan fingerprint density at radius 2 is 2.13 bits per heavy atom. The number of carbonyl (C=O) groups is 2. The number of aryl methyl sites for hydroxylation is 1. The minimum absolute atomic E-state index is 0.150. The van der Waals surface area contributed by atoms with Crippen molar-refractivity contribution >= 4 is 28.9 Å². The Bertz CT molecular complexity index is 684. The summed E-state index contributed by atoms with van der Waals surface area (Å²) in [7, 11) is 0. The van der Waals surface area contributed by atoms with Crippen LogP contribution in [0.25, 0.3) is 11.3 Å². The van der Waals surface area contributed by atoms with Gasteiger partial charge in [-0.15, -0.1) is 11.3 Å². The Morgan fingerprint density at radius 1 is 1.30 bits per heavy atom. The normalized spacial score (nSPS) is 10.3. The lowest BCUT2D eigenvalue weighted by Crippen LogP contribution is -2.22. The largest absolute Gasteiger partial charge is 0.454 e. The number of ether oxygens (including phenoxy) is 2. The Balaban J connectivity index is 1.90. The summed E-state index contributed by atoms with van der Waals surface area (Å²) in [5.41, 5.74) is 2.41. The molecule has 7 heteroatoms. The first-order valence-electron chi connectivity index (χ1n) is 7.14. The number of hydrogen-bond donors (Lipinski definition) is 1. The zero-order valence-corrected chi connectivity index (χ0v) is 13.8. The van der Waals surface area contributed by atoms with Gasteiger partial charge in [-0.2, -0.15) is 0 Å². The van der Waals surface area contributed by atoms with Gasteiger partial charge in [0.05, 0.1) is 10.7 Å². The molecule has 122 valence electrons. The van der Waals surface area contributed by atoms with Gasteiger partial charge in [0.2, 0.25) is 0 Å². The average Bonchev–Trinajstić information content (AvgIpc) is 2.98. The summed E-state index contributed by atoms with van der Waals surface area (Å²) < 4.78 is 9.71. The highest BCUT2D eigenvalue weighted by atomic mass is 32.1. The maximum Gasteiger partial charge on any atom is 0.332 e. The topological polar surface area (TPSA) is 77.5 Å². The van der Waals surface area contributed by atoms with Gasteiger partial charge >= 0.3 is 5.97 Å². The zero-order chi connectivity index (χ0) is 16.7. The smallest absolute Gasteiger partial charge is 0.332 e. The quantitative estimate of drug-likeness (QED) is 0.788. The van der Waals surface area contributed by atoms with Gasteiger partial charge in [-0.1, -0.05) is 12.1 Å². The molecule has 0 unspecified atom stereocenters. The molecule has 0 radical (unpaired) electrons. The van der Waals surface area contributed by atoms with E-state index in [9.17, 15) is 9.59 Å². The monoisotopic (exact) mass is 334 g/mol. The van der Waals surface area contributed by atoms with Crippen LogP contribution in [0.5, 0.6) is 0 Å². The molecule has 0 spiro atoms. The maximum atomic E-state index is 11.8. The van der Waals surface area contributed by atoms with Crippen molar-refractivity contribution < 1.29 is 19.1 Å². The number of carbonyl (C=O) groups excluding carboxylic acids is 2. The van der Waals surface area contributed by atoms with Crippen LogP contribution in [-0.2, 0) is 19.1 Å². The van der Waals surface area contributed by atoms with Crippen LogP contribution in [0.3, 0.4) is 0 Å². The van der Waals surface area contributed by atoms with Crippen molar-refractivity contribution in [1.29, 1.82) is 0 Å². The Labute approximate surface area is 138 Å². The molecular formula is C16H18N2O4S. The lowest BCUT2D eigenvalue weighted by Gasteiger charge is -2.07. The lowest BCUT2D eigenvalue weighted by molar-refractivity contribution is -0.151. The number of rotatable bonds is 7. The van der Waals surface area contributed by atoms with E-state index in [1.165, 1.54) is 0 Å². The fourth-order valence-electron chi connectivity index (χ4n) is 1.82. The number of aromatic nitrogens is 1. The molecule has 2 rings (SSSR count). The third-order valence-corrected chi connectivity index (χ3v) is 3.62. The maximum absolute atomic E-state index is 11.8. The van der Waals surface area contributed by atoms with E-state index in [0.29, 0.717) is 12.3 Å². The van der Waals surface area contributed by atoms with Gasteiger partial charge in [-0.25, -0.2) is 9.78 Å².